The average molecular weight is 403 g/mol. The van der Waals surface area contributed by atoms with Crippen LogP contribution in [0.3, 0.4) is 0 Å². The number of hydrogen-bond donors (Lipinski definition) is 0. The number of amides is 1. The first-order valence-electron chi connectivity index (χ1n) is 8.41. The van der Waals surface area contributed by atoms with Crippen LogP contribution in [0.25, 0.3) is 10.6 Å². The summed E-state index contributed by atoms with van der Waals surface area (Å²) in [6, 6.07) is 13.7. The Morgan fingerprint density at radius 2 is 1.78 bits per heavy atom. The summed E-state index contributed by atoms with van der Waals surface area (Å²) in [4.78, 5) is 15.4. The molecule has 3 heterocycles. The van der Waals surface area contributed by atoms with Gasteiger partial charge in [-0.2, -0.15) is 4.31 Å². The van der Waals surface area contributed by atoms with Gasteiger partial charge in [0.25, 0.3) is 5.91 Å². The summed E-state index contributed by atoms with van der Waals surface area (Å²) in [6.45, 7) is 1.12. The van der Waals surface area contributed by atoms with Gasteiger partial charge in [0.2, 0.25) is 10.0 Å². The average Bonchev–Trinajstić information content (AvgIpc) is 3.40. The van der Waals surface area contributed by atoms with Crippen molar-refractivity contribution in [1.82, 2.24) is 14.4 Å². The van der Waals surface area contributed by atoms with Crippen LogP contribution >= 0.6 is 11.3 Å². The molecule has 0 radical (unpaired) electrons. The Bertz CT molecular complexity index is 1020. The van der Waals surface area contributed by atoms with Crippen LogP contribution in [0.1, 0.15) is 10.5 Å². The molecule has 1 amide bonds. The van der Waals surface area contributed by atoms with E-state index < -0.39 is 10.0 Å². The molecule has 0 aliphatic carbocycles. The number of piperazine rings is 1. The van der Waals surface area contributed by atoms with Crippen LogP contribution in [-0.4, -0.2) is 54.9 Å². The third-order valence-corrected chi connectivity index (χ3v) is 7.20. The van der Waals surface area contributed by atoms with E-state index in [1.54, 1.807) is 41.3 Å². The molecule has 27 heavy (non-hydrogen) atoms. The Hall–Kier alpha value is -2.49. The molecule has 2 aromatic heterocycles. The lowest BCUT2D eigenvalue weighted by atomic mass is 10.2. The van der Waals surface area contributed by atoms with Gasteiger partial charge < -0.3 is 9.42 Å². The van der Waals surface area contributed by atoms with E-state index in [4.69, 9.17) is 4.52 Å². The van der Waals surface area contributed by atoms with Gasteiger partial charge in [0.05, 0.1) is 9.77 Å². The summed E-state index contributed by atoms with van der Waals surface area (Å²) >= 11 is 1.51. The predicted octanol–water partition coefficient (Wildman–Crippen LogP) is 2.55. The molecule has 3 aromatic rings. The number of aromatic nitrogens is 1. The molecule has 1 aliphatic rings. The lowest BCUT2D eigenvalue weighted by Crippen LogP contribution is -2.50. The van der Waals surface area contributed by atoms with Crippen molar-refractivity contribution >= 4 is 27.3 Å². The van der Waals surface area contributed by atoms with Gasteiger partial charge in [-0.1, -0.05) is 29.4 Å². The summed E-state index contributed by atoms with van der Waals surface area (Å²) in [5.41, 5.74) is 0.234. The minimum Gasteiger partial charge on any atom is -0.355 e. The third-order valence-electron chi connectivity index (χ3n) is 4.40. The zero-order chi connectivity index (χ0) is 18.9. The normalized spacial score (nSPS) is 15.8. The maximum atomic E-state index is 12.7. The van der Waals surface area contributed by atoms with Crippen LogP contribution in [-0.2, 0) is 10.0 Å². The molecule has 9 heteroatoms. The second-order valence-corrected chi connectivity index (χ2v) is 8.95. The molecular formula is C18H17N3O4S2. The quantitative estimate of drug-likeness (QED) is 0.668. The first kappa shape index (κ1) is 17.9. The van der Waals surface area contributed by atoms with Crippen LogP contribution in [0.15, 0.2) is 63.3 Å². The molecule has 0 bridgehead atoms. The minimum atomic E-state index is -3.54. The zero-order valence-electron chi connectivity index (χ0n) is 14.3. The molecular weight excluding hydrogens is 386 g/mol. The highest BCUT2D eigenvalue weighted by atomic mass is 32.2. The molecule has 1 aliphatic heterocycles. The van der Waals surface area contributed by atoms with Crippen LogP contribution < -0.4 is 0 Å². The van der Waals surface area contributed by atoms with Crippen molar-refractivity contribution < 1.29 is 17.7 Å². The van der Waals surface area contributed by atoms with Crippen molar-refractivity contribution in [3.05, 3.63) is 59.6 Å². The number of benzene rings is 1. The maximum Gasteiger partial charge on any atom is 0.276 e. The number of carbonyl (C=O) groups excluding carboxylic acids is 1. The van der Waals surface area contributed by atoms with E-state index in [0.29, 0.717) is 18.8 Å². The molecule has 0 atom stereocenters. The lowest BCUT2D eigenvalue weighted by molar-refractivity contribution is 0.0687. The molecule has 7 nitrogen and oxygen atoms in total. The lowest BCUT2D eigenvalue weighted by Gasteiger charge is -2.33. The molecule has 1 fully saturated rings. The zero-order valence-corrected chi connectivity index (χ0v) is 15.9. The fraction of sp³-hybridized carbons (Fsp3) is 0.222. The highest BCUT2D eigenvalue weighted by molar-refractivity contribution is 7.89. The Labute approximate surface area is 160 Å². The third kappa shape index (κ3) is 3.53. The standard InChI is InChI=1S/C18H17N3O4S2/c22-18(15-13-16(25-19-15)17-7-4-12-26-17)20-8-10-21(11-9-20)27(23,24)14-5-2-1-3-6-14/h1-7,12-13H,8-11H2. The molecule has 4 rings (SSSR count). The van der Waals surface area contributed by atoms with Crippen molar-refractivity contribution in [2.75, 3.05) is 26.2 Å². The summed E-state index contributed by atoms with van der Waals surface area (Å²) in [5, 5.41) is 5.79. The van der Waals surface area contributed by atoms with Crippen LogP contribution in [0, 0.1) is 0 Å². The van der Waals surface area contributed by atoms with Gasteiger partial charge >= 0.3 is 0 Å². The number of sulfonamides is 1. The SMILES string of the molecule is O=C(c1cc(-c2cccs2)on1)N1CCN(S(=O)(=O)c2ccccc2)CC1. The summed E-state index contributed by atoms with van der Waals surface area (Å²) < 4.78 is 32.0. The van der Waals surface area contributed by atoms with E-state index in [-0.39, 0.29) is 29.6 Å². The first-order valence-corrected chi connectivity index (χ1v) is 10.7. The molecule has 140 valence electrons. The van der Waals surface area contributed by atoms with Crippen molar-refractivity contribution in [2.45, 2.75) is 4.90 Å². The summed E-state index contributed by atoms with van der Waals surface area (Å²) in [6.07, 6.45) is 0. The molecule has 1 saturated heterocycles. The first-order chi connectivity index (χ1) is 13.1. The molecule has 0 N–H and O–H groups in total. The number of carbonyl (C=O) groups is 1. The molecule has 0 spiro atoms. The monoisotopic (exact) mass is 403 g/mol. The van der Waals surface area contributed by atoms with Gasteiger partial charge in [-0.3, -0.25) is 4.79 Å². The molecule has 0 unspecified atom stereocenters. The summed E-state index contributed by atoms with van der Waals surface area (Å²) in [7, 11) is -3.54. The van der Waals surface area contributed by atoms with Gasteiger partial charge in [-0.15, -0.1) is 11.3 Å². The highest BCUT2D eigenvalue weighted by Crippen LogP contribution is 2.26. The van der Waals surface area contributed by atoms with Gasteiger partial charge in [-0.05, 0) is 23.6 Å². The number of hydrogen-bond acceptors (Lipinski definition) is 6. The molecule has 1 aromatic carbocycles. The van der Waals surface area contributed by atoms with Gasteiger partial charge in [0.15, 0.2) is 11.5 Å². The van der Waals surface area contributed by atoms with Crippen LogP contribution in [0.4, 0.5) is 0 Å². The van der Waals surface area contributed by atoms with Gasteiger partial charge in [0, 0.05) is 32.2 Å². The predicted molar refractivity (Wildman–Crippen MR) is 101 cm³/mol. The molecule has 0 saturated carbocycles. The van der Waals surface area contributed by atoms with Crippen molar-refractivity contribution in [1.29, 1.82) is 0 Å². The van der Waals surface area contributed by atoms with Crippen LogP contribution in [0.5, 0.6) is 0 Å². The number of nitrogens with zero attached hydrogens (tertiary/aromatic N) is 3. The number of thiophene rings is 1. The fourth-order valence-electron chi connectivity index (χ4n) is 2.95. The van der Waals surface area contributed by atoms with E-state index in [1.165, 1.54) is 15.6 Å². The van der Waals surface area contributed by atoms with E-state index in [9.17, 15) is 13.2 Å². The topological polar surface area (TPSA) is 83.7 Å². The van der Waals surface area contributed by atoms with Crippen molar-refractivity contribution in [2.24, 2.45) is 0 Å². The Balaban J connectivity index is 1.43. The van der Waals surface area contributed by atoms with E-state index in [1.807, 2.05) is 17.5 Å². The van der Waals surface area contributed by atoms with Crippen molar-refractivity contribution in [3.63, 3.8) is 0 Å². The Morgan fingerprint density at radius 1 is 1.04 bits per heavy atom. The highest BCUT2D eigenvalue weighted by Gasteiger charge is 2.31. The smallest absolute Gasteiger partial charge is 0.276 e. The Morgan fingerprint density at radius 3 is 2.44 bits per heavy atom. The second-order valence-electron chi connectivity index (χ2n) is 6.06. The summed E-state index contributed by atoms with van der Waals surface area (Å²) in [5.74, 6) is 0.303. The van der Waals surface area contributed by atoms with Gasteiger partial charge in [-0.25, -0.2) is 8.42 Å². The van der Waals surface area contributed by atoms with Crippen molar-refractivity contribution in [3.8, 4) is 10.6 Å². The van der Waals surface area contributed by atoms with Gasteiger partial charge in [0.1, 0.15) is 0 Å². The fourth-order valence-corrected chi connectivity index (χ4v) is 5.06. The van der Waals surface area contributed by atoms with E-state index in [2.05, 4.69) is 5.16 Å². The number of rotatable bonds is 4. The largest absolute Gasteiger partial charge is 0.355 e. The Kier molecular flexibility index (Phi) is 4.81. The maximum absolute atomic E-state index is 12.7. The van der Waals surface area contributed by atoms with E-state index >= 15 is 0 Å². The van der Waals surface area contributed by atoms with Crippen LogP contribution in [0.2, 0.25) is 0 Å². The second kappa shape index (κ2) is 7.26. The minimum absolute atomic E-state index is 0.234. The van der Waals surface area contributed by atoms with E-state index in [0.717, 1.165) is 4.88 Å².